The van der Waals surface area contributed by atoms with Crippen molar-refractivity contribution in [1.82, 2.24) is 9.55 Å². The van der Waals surface area contributed by atoms with Gasteiger partial charge in [-0.15, -0.1) is 0 Å². The number of aromatic nitrogens is 2. The Morgan fingerprint density at radius 1 is 0.880 bits per heavy atom. The van der Waals surface area contributed by atoms with Crippen LogP contribution in [0.25, 0.3) is 27.5 Å². The lowest BCUT2D eigenvalue weighted by atomic mass is 10.1. The Bertz CT molecular complexity index is 1190. The molecule has 0 fully saturated rings. The van der Waals surface area contributed by atoms with Gasteiger partial charge in [-0.2, -0.15) is 0 Å². The minimum absolute atomic E-state index is 0.0596. The first-order valence-electron chi connectivity index (χ1n) is 7.64. The summed E-state index contributed by atoms with van der Waals surface area (Å²) in [6.45, 7) is 1.55. The summed E-state index contributed by atoms with van der Waals surface area (Å²) >= 11 is 0. The molecule has 0 atom stereocenters. The van der Waals surface area contributed by atoms with Crippen molar-refractivity contribution in [2.75, 3.05) is 0 Å². The minimum atomic E-state index is -0.414. The first kappa shape index (κ1) is 15.0. The highest BCUT2D eigenvalue weighted by atomic mass is 16.3. The predicted octanol–water partition coefficient (Wildman–Crippen LogP) is 2.96. The molecule has 3 N–H and O–H groups in total. The fraction of sp³-hybridized carbons (Fsp3) is 0.0526. The number of fused-ring (bicyclic) bond motifs is 2. The van der Waals surface area contributed by atoms with E-state index in [9.17, 15) is 20.1 Å². The van der Waals surface area contributed by atoms with Gasteiger partial charge in [-0.1, -0.05) is 24.3 Å². The molecule has 6 heteroatoms. The zero-order valence-electron chi connectivity index (χ0n) is 13.3. The SMILES string of the molecule is Cc1nc2c(O)c3ccccc3c(O)c2n(-c2ccc(O)cc2)c1=O. The third kappa shape index (κ3) is 2.11. The number of benzene rings is 3. The Morgan fingerprint density at radius 2 is 1.48 bits per heavy atom. The zero-order valence-corrected chi connectivity index (χ0v) is 13.3. The maximum absolute atomic E-state index is 12.7. The summed E-state index contributed by atoms with van der Waals surface area (Å²) < 4.78 is 1.29. The van der Waals surface area contributed by atoms with Crippen molar-refractivity contribution in [3.8, 4) is 22.9 Å². The van der Waals surface area contributed by atoms with Crippen LogP contribution in [0.3, 0.4) is 0 Å². The van der Waals surface area contributed by atoms with Gasteiger partial charge in [-0.05, 0) is 31.2 Å². The molecule has 4 aromatic rings. The summed E-state index contributed by atoms with van der Waals surface area (Å²) in [7, 11) is 0. The van der Waals surface area contributed by atoms with Gasteiger partial charge in [0.25, 0.3) is 5.56 Å². The van der Waals surface area contributed by atoms with Gasteiger partial charge in [0.1, 0.15) is 28.2 Å². The Balaban J connectivity index is 2.27. The van der Waals surface area contributed by atoms with E-state index in [-0.39, 0.29) is 34.0 Å². The highest BCUT2D eigenvalue weighted by Gasteiger charge is 2.20. The van der Waals surface area contributed by atoms with E-state index in [1.807, 2.05) is 0 Å². The Kier molecular flexibility index (Phi) is 3.15. The van der Waals surface area contributed by atoms with Gasteiger partial charge in [0.05, 0.1) is 0 Å². The molecule has 4 rings (SSSR count). The largest absolute Gasteiger partial charge is 0.508 e. The highest BCUT2D eigenvalue weighted by Crippen LogP contribution is 2.40. The van der Waals surface area contributed by atoms with E-state index in [0.29, 0.717) is 16.5 Å². The maximum Gasteiger partial charge on any atom is 0.277 e. The van der Waals surface area contributed by atoms with E-state index in [1.165, 1.54) is 16.7 Å². The Hall–Kier alpha value is -3.54. The summed E-state index contributed by atoms with van der Waals surface area (Å²) in [6.07, 6.45) is 0. The standard InChI is InChI=1S/C19H14N2O4/c1-10-19(25)21(11-6-8-12(22)9-7-11)16-15(20-10)17(23)13-4-2-3-5-14(13)18(16)24/h2-9,22-24H,1H3. The number of phenols is 3. The molecular weight excluding hydrogens is 320 g/mol. The zero-order chi connectivity index (χ0) is 17.7. The molecule has 1 heterocycles. The van der Waals surface area contributed by atoms with Crippen LogP contribution in [0.2, 0.25) is 0 Å². The second kappa shape index (κ2) is 5.24. The number of hydrogen-bond acceptors (Lipinski definition) is 5. The van der Waals surface area contributed by atoms with Gasteiger partial charge in [0.15, 0.2) is 5.75 Å². The van der Waals surface area contributed by atoms with Crippen molar-refractivity contribution >= 4 is 21.8 Å². The molecule has 0 amide bonds. The molecule has 0 saturated heterocycles. The Morgan fingerprint density at radius 3 is 2.12 bits per heavy atom. The fourth-order valence-corrected chi connectivity index (χ4v) is 3.02. The van der Waals surface area contributed by atoms with Crippen LogP contribution < -0.4 is 5.56 Å². The van der Waals surface area contributed by atoms with Crippen LogP contribution in [-0.2, 0) is 0 Å². The number of aryl methyl sites for hydroxylation is 1. The molecule has 3 aromatic carbocycles. The first-order chi connectivity index (χ1) is 12.0. The fourth-order valence-electron chi connectivity index (χ4n) is 3.02. The third-order valence-corrected chi connectivity index (χ3v) is 4.23. The lowest BCUT2D eigenvalue weighted by Gasteiger charge is -2.15. The van der Waals surface area contributed by atoms with E-state index in [1.54, 1.807) is 43.3 Å². The van der Waals surface area contributed by atoms with Crippen LogP contribution >= 0.6 is 0 Å². The smallest absolute Gasteiger partial charge is 0.277 e. The minimum Gasteiger partial charge on any atom is -0.508 e. The summed E-state index contributed by atoms with van der Waals surface area (Å²) in [5, 5.41) is 31.8. The normalized spacial score (nSPS) is 11.2. The monoisotopic (exact) mass is 334 g/mol. The van der Waals surface area contributed by atoms with Crippen LogP contribution in [0.15, 0.2) is 53.3 Å². The van der Waals surface area contributed by atoms with E-state index in [2.05, 4.69) is 4.98 Å². The quantitative estimate of drug-likeness (QED) is 0.367. The number of nitrogens with zero attached hydrogens (tertiary/aromatic N) is 2. The number of hydrogen-bond donors (Lipinski definition) is 3. The van der Waals surface area contributed by atoms with Crippen molar-refractivity contribution in [2.24, 2.45) is 0 Å². The van der Waals surface area contributed by atoms with Crippen molar-refractivity contribution in [1.29, 1.82) is 0 Å². The van der Waals surface area contributed by atoms with E-state index in [0.717, 1.165) is 0 Å². The van der Waals surface area contributed by atoms with Crippen LogP contribution in [0.5, 0.6) is 17.2 Å². The van der Waals surface area contributed by atoms with Crippen LogP contribution in [-0.4, -0.2) is 24.9 Å². The summed E-state index contributed by atoms with van der Waals surface area (Å²) in [4.78, 5) is 16.9. The number of aromatic hydroxyl groups is 3. The van der Waals surface area contributed by atoms with Crippen molar-refractivity contribution < 1.29 is 15.3 Å². The third-order valence-electron chi connectivity index (χ3n) is 4.23. The lowest BCUT2D eigenvalue weighted by molar-refractivity contribution is 0.474. The average Bonchev–Trinajstić information content (AvgIpc) is 2.62. The molecule has 6 nitrogen and oxygen atoms in total. The number of rotatable bonds is 1. The van der Waals surface area contributed by atoms with Gasteiger partial charge < -0.3 is 15.3 Å². The molecule has 0 bridgehead atoms. The molecule has 1 aromatic heterocycles. The molecule has 0 radical (unpaired) electrons. The molecule has 25 heavy (non-hydrogen) atoms. The molecular formula is C19H14N2O4. The van der Waals surface area contributed by atoms with Gasteiger partial charge >= 0.3 is 0 Å². The number of phenolic OH excluding ortho intramolecular Hbond substituents is 3. The molecule has 0 unspecified atom stereocenters. The average molecular weight is 334 g/mol. The van der Waals surface area contributed by atoms with Gasteiger partial charge in [0.2, 0.25) is 0 Å². The molecule has 0 aliphatic heterocycles. The summed E-state index contributed by atoms with van der Waals surface area (Å²) in [5.41, 5.74) is 0.482. The summed E-state index contributed by atoms with van der Waals surface area (Å²) in [5.74, 6) is -0.176. The van der Waals surface area contributed by atoms with Gasteiger partial charge in [-0.25, -0.2) is 4.98 Å². The first-order valence-corrected chi connectivity index (χ1v) is 7.64. The van der Waals surface area contributed by atoms with E-state index in [4.69, 9.17) is 0 Å². The molecule has 0 spiro atoms. The van der Waals surface area contributed by atoms with Crippen LogP contribution in [0.4, 0.5) is 0 Å². The maximum atomic E-state index is 12.7. The van der Waals surface area contributed by atoms with E-state index < -0.39 is 5.56 Å². The molecule has 0 aliphatic rings. The molecule has 0 aliphatic carbocycles. The second-order valence-corrected chi connectivity index (χ2v) is 5.79. The molecule has 0 saturated carbocycles. The van der Waals surface area contributed by atoms with Crippen LogP contribution in [0.1, 0.15) is 5.69 Å². The topological polar surface area (TPSA) is 95.6 Å². The van der Waals surface area contributed by atoms with Crippen molar-refractivity contribution in [3.63, 3.8) is 0 Å². The Labute approximate surface area is 141 Å². The van der Waals surface area contributed by atoms with E-state index >= 15 is 0 Å². The highest BCUT2D eigenvalue weighted by molar-refractivity contribution is 6.08. The molecule has 124 valence electrons. The lowest BCUT2D eigenvalue weighted by Crippen LogP contribution is -2.22. The second-order valence-electron chi connectivity index (χ2n) is 5.79. The van der Waals surface area contributed by atoms with Crippen molar-refractivity contribution in [3.05, 3.63) is 64.6 Å². The van der Waals surface area contributed by atoms with Gasteiger partial charge in [-0.3, -0.25) is 9.36 Å². The summed E-state index contributed by atoms with van der Waals surface area (Å²) in [6, 6.07) is 12.8. The van der Waals surface area contributed by atoms with Crippen molar-refractivity contribution in [2.45, 2.75) is 6.92 Å². The predicted molar refractivity (Wildman–Crippen MR) is 94.6 cm³/mol. The van der Waals surface area contributed by atoms with Gasteiger partial charge in [0, 0.05) is 16.5 Å². The van der Waals surface area contributed by atoms with Crippen LogP contribution in [0, 0.1) is 6.92 Å².